The first-order valence-electron chi connectivity index (χ1n) is 7.09. The van der Waals surface area contributed by atoms with Crippen molar-refractivity contribution in [3.05, 3.63) is 35.6 Å². The summed E-state index contributed by atoms with van der Waals surface area (Å²) >= 11 is 0. The summed E-state index contributed by atoms with van der Waals surface area (Å²) in [7, 11) is 0. The normalized spacial score (nSPS) is 11.4. The van der Waals surface area contributed by atoms with Gasteiger partial charge in [-0.15, -0.1) is 0 Å². The summed E-state index contributed by atoms with van der Waals surface area (Å²) in [5.41, 5.74) is 0.837. The minimum Gasteiger partial charge on any atom is -0.339 e. The molecule has 112 valence electrons. The molecule has 0 spiro atoms. The van der Waals surface area contributed by atoms with E-state index in [0.717, 1.165) is 5.56 Å². The number of carbonyl (C=O) groups excluding carboxylic acids is 1. The molecule has 0 aliphatic carbocycles. The van der Waals surface area contributed by atoms with Gasteiger partial charge in [-0.25, -0.2) is 4.39 Å². The first-order chi connectivity index (χ1) is 9.31. The summed E-state index contributed by atoms with van der Waals surface area (Å²) < 4.78 is 13.1. The van der Waals surface area contributed by atoms with Gasteiger partial charge >= 0.3 is 0 Å². The maximum Gasteiger partial charge on any atom is 0.224 e. The molecule has 0 radical (unpaired) electrons. The summed E-state index contributed by atoms with van der Waals surface area (Å²) in [4.78, 5) is 13.9. The molecule has 1 aromatic carbocycles. The standard InChI is InChI=1S/C16H25FN2O/c1-5-19(12-13-7-6-8-14(17)11-13)15(20)9-10-18-16(2,3)4/h6-8,11,18H,5,9-10,12H2,1-4H3. The predicted molar refractivity (Wildman–Crippen MR) is 79.9 cm³/mol. The lowest BCUT2D eigenvalue weighted by Crippen LogP contribution is -2.39. The van der Waals surface area contributed by atoms with Crippen LogP contribution in [0.4, 0.5) is 4.39 Å². The average molecular weight is 280 g/mol. The van der Waals surface area contributed by atoms with E-state index in [1.165, 1.54) is 12.1 Å². The average Bonchev–Trinajstić information content (AvgIpc) is 2.34. The van der Waals surface area contributed by atoms with E-state index in [1.54, 1.807) is 11.0 Å². The number of nitrogens with zero attached hydrogens (tertiary/aromatic N) is 1. The first kappa shape index (κ1) is 16.6. The lowest BCUT2D eigenvalue weighted by Gasteiger charge is -2.24. The van der Waals surface area contributed by atoms with Crippen molar-refractivity contribution in [2.45, 2.75) is 46.2 Å². The zero-order valence-electron chi connectivity index (χ0n) is 12.9. The maximum atomic E-state index is 13.1. The van der Waals surface area contributed by atoms with Crippen LogP contribution in [-0.2, 0) is 11.3 Å². The van der Waals surface area contributed by atoms with Gasteiger partial charge in [0.15, 0.2) is 0 Å². The molecule has 0 heterocycles. The highest BCUT2D eigenvalue weighted by molar-refractivity contribution is 5.76. The van der Waals surface area contributed by atoms with Gasteiger partial charge < -0.3 is 10.2 Å². The summed E-state index contributed by atoms with van der Waals surface area (Å²) in [6.45, 7) is 9.90. The first-order valence-corrected chi connectivity index (χ1v) is 7.09. The highest BCUT2D eigenvalue weighted by Gasteiger charge is 2.14. The molecule has 0 atom stereocenters. The molecule has 0 aromatic heterocycles. The van der Waals surface area contributed by atoms with Crippen molar-refractivity contribution in [1.29, 1.82) is 0 Å². The van der Waals surface area contributed by atoms with Crippen molar-refractivity contribution in [2.75, 3.05) is 13.1 Å². The Hall–Kier alpha value is -1.42. The molecule has 0 saturated heterocycles. The molecule has 0 saturated carbocycles. The molecule has 20 heavy (non-hydrogen) atoms. The fraction of sp³-hybridized carbons (Fsp3) is 0.562. The van der Waals surface area contributed by atoms with Crippen molar-refractivity contribution in [3.8, 4) is 0 Å². The lowest BCUT2D eigenvalue weighted by atomic mass is 10.1. The van der Waals surface area contributed by atoms with Crippen molar-refractivity contribution in [2.24, 2.45) is 0 Å². The smallest absolute Gasteiger partial charge is 0.224 e. The van der Waals surface area contributed by atoms with Crippen molar-refractivity contribution in [3.63, 3.8) is 0 Å². The second kappa shape index (κ2) is 7.39. The third kappa shape index (κ3) is 6.15. The molecule has 1 aromatic rings. The second-order valence-electron chi connectivity index (χ2n) is 5.96. The summed E-state index contributed by atoms with van der Waals surface area (Å²) in [5, 5.41) is 3.30. The minimum atomic E-state index is -0.264. The number of benzene rings is 1. The van der Waals surface area contributed by atoms with E-state index in [1.807, 2.05) is 13.0 Å². The fourth-order valence-corrected chi connectivity index (χ4v) is 1.93. The van der Waals surface area contributed by atoms with Crippen molar-refractivity contribution < 1.29 is 9.18 Å². The summed E-state index contributed by atoms with van der Waals surface area (Å²) in [6, 6.07) is 6.40. The molecule has 0 unspecified atom stereocenters. The summed E-state index contributed by atoms with van der Waals surface area (Å²) in [6.07, 6.45) is 0.459. The van der Waals surface area contributed by atoms with Gasteiger partial charge in [0, 0.05) is 31.6 Å². The van der Waals surface area contributed by atoms with Crippen LogP contribution in [0.5, 0.6) is 0 Å². The van der Waals surface area contributed by atoms with E-state index in [4.69, 9.17) is 0 Å². The molecule has 1 amide bonds. The zero-order chi connectivity index (χ0) is 15.2. The van der Waals surface area contributed by atoms with E-state index in [2.05, 4.69) is 26.1 Å². The van der Waals surface area contributed by atoms with E-state index >= 15 is 0 Å². The fourth-order valence-electron chi connectivity index (χ4n) is 1.93. The van der Waals surface area contributed by atoms with Crippen molar-refractivity contribution >= 4 is 5.91 Å². The Morgan fingerprint density at radius 1 is 1.35 bits per heavy atom. The molecule has 0 bridgehead atoms. The van der Waals surface area contributed by atoms with Gasteiger partial charge in [-0.2, -0.15) is 0 Å². The van der Waals surface area contributed by atoms with E-state index in [0.29, 0.717) is 26.1 Å². The van der Waals surface area contributed by atoms with Crippen LogP contribution in [-0.4, -0.2) is 29.4 Å². The van der Waals surface area contributed by atoms with Crippen LogP contribution in [0.25, 0.3) is 0 Å². The Morgan fingerprint density at radius 2 is 2.05 bits per heavy atom. The number of amides is 1. The highest BCUT2D eigenvalue weighted by atomic mass is 19.1. The third-order valence-corrected chi connectivity index (χ3v) is 2.99. The van der Waals surface area contributed by atoms with Gasteiger partial charge in [0.1, 0.15) is 5.82 Å². The Morgan fingerprint density at radius 3 is 2.60 bits per heavy atom. The molecular weight excluding hydrogens is 255 g/mol. The lowest BCUT2D eigenvalue weighted by molar-refractivity contribution is -0.131. The van der Waals surface area contributed by atoms with Gasteiger partial charge in [0.05, 0.1) is 0 Å². The van der Waals surface area contributed by atoms with Crippen LogP contribution in [0.15, 0.2) is 24.3 Å². The molecule has 1 rings (SSSR count). The monoisotopic (exact) mass is 280 g/mol. The van der Waals surface area contributed by atoms with Gasteiger partial charge in [0.2, 0.25) is 5.91 Å². The molecule has 3 nitrogen and oxygen atoms in total. The van der Waals surface area contributed by atoms with Crippen LogP contribution in [0.2, 0.25) is 0 Å². The Bertz CT molecular complexity index is 440. The number of rotatable bonds is 6. The van der Waals surface area contributed by atoms with Crippen LogP contribution in [0.3, 0.4) is 0 Å². The van der Waals surface area contributed by atoms with E-state index < -0.39 is 0 Å². The number of hydrogen-bond donors (Lipinski definition) is 1. The Kier molecular flexibility index (Phi) is 6.14. The van der Waals surface area contributed by atoms with Crippen LogP contribution >= 0.6 is 0 Å². The number of nitrogens with one attached hydrogen (secondary N) is 1. The number of carbonyl (C=O) groups is 1. The minimum absolute atomic E-state index is 0.0138. The van der Waals surface area contributed by atoms with E-state index in [-0.39, 0.29) is 17.3 Å². The number of halogens is 1. The summed E-state index contributed by atoms with van der Waals surface area (Å²) in [5.74, 6) is -0.172. The molecule has 0 aliphatic heterocycles. The quantitative estimate of drug-likeness (QED) is 0.869. The molecule has 0 aliphatic rings. The van der Waals surface area contributed by atoms with Gasteiger partial charge in [0.25, 0.3) is 0 Å². The van der Waals surface area contributed by atoms with Gasteiger partial charge in [-0.1, -0.05) is 12.1 Å². The zero-order valence-corrected chi connectivity index (χ0v) is 12.9. The molecule has 4 heteroatoms. The van der Waals surface area contributed by atoms with Crippen LogP contribution < -0.4 is 5.32 Å². The van der Waals surface area contributed by atoms with Gasteiger partial charge in [-0.05, 0) is 45.4 Å². The Labute approximate surface area is 121 Å². The van der Waals surface area contributed by atoms with Crippen LogP contribution in [0, 0.1) is 5.82 Å². The Balaban J connectivity index is 2.51. The number of hydrogen-bond acceptors (Lipinski definition) is 2. The third-order valence-electron chi connectivity index (χ3n) is 2.99. The second-order valence-corrected chi connectivity index (χ2v) is 5.96. The predicted octanol–water partition coefficient (Wildman–Crippen LogP) is 2.95. The largest absolute Gasteiger partial charge is 0.339 e. The maximum absolute atomic E-state index is 13.1. The molecular formula is C16H25FN2O. The topological polar surface area (TPSA) is 32.3 Å². The SMILES string of the molecule is CCN(Cc1cccc(F)c1)C(=O)CCNC(C)(C)C. The van der Waals surface area contributed by atoms with E-state index in [9.17, 15) is 9.18 Å². The molecule has 1 N–H and O–H groups in total. The van der Waals surface area contributed by atoms with Crippen LogP contribution in [0.1, 0.15) is 39.7 Å². The van der Waals surface area contributed by atoms with Crippen molar-refractivity contribution in [1.82, 2.24) is 10.2 Å². The van der Waals surface area contributed by atoms with Gasteiger partial charge in [-0.3, -0.25) is 4.79 Å². The molecule has 0 fully saturated rings. The highest BCUT2D eigenvalue weighted by Crippen LogP contribution is 2.08.